The van der Waals surface area contributed by atoms with E-state index >= 15 is 0 Å². The molecule has 0 saturated heterocycles. The maximum Gasteiger partial charge on any atom is 0.0222 e. The summed E-state index contributed by atoms with van der Waals surface area (Å²) in [6, 6.07) is 7.10. The summed E-state index contributed by atoms with van der Waals surface area (Å²) in [6.45, 7) is 5.30. The average molecular weight is 302 g/mol. The Kier molecular flexibility index (Phi) is 6.47. The van der Waals surface area contributed by atoms with Gasteiger partial charge in [0.1, 0.15) is 0 Å². The first-order valence-electron chi connectivity index (χ1n) is 5.61. The summed E-state index contributed by atoms with van der Waals surface area (Å²) < 4.78 is 1.21. The number of aryl methyl sites for hydroxylation is 1. The Hall–Kier alpha value is 0.01000. The highest BCUT2D eigenvalue weighted by molar-refractivity contribution is 9.10. The van der Waals surface area contributed by atoms with E-state index in [2.05, 4.69) is 59.5 Å². The van der Waals surface area contributed by atoms with Crippen molar-refractivity contribution in [2.45, 2.75) is 32.9 Å². The maximum atomic E-state index is 3.61. The fraction of sp³-hybridized carbons (Fsp3) is 0.538. The number of benzene rings is 1. The zero-order valence-electron chi connectivity index (χ0n) is 10.2. The van der Waals surface area contributed by atoms with E-state index in [0.29, 0.717) is 6.04 Å². The lowest BCUT2D eigenvalue weighted by Crippen LogP contribution is -2.26. The molecule has 0 amide bonds. The first-order chi connectivity index (χ1) is 7.63. The van der Waals surface area contributed by atoms with Gasteiger partial charge in [0.15, 0.2) is 0 Å². The highest BCUT2D eigenvalue weighted by Gasteiger charge is 2.03. The van der Waals surface area contributed by atoms with E-state index in [1.807, 2.05) is 11.8 Å². The predicted octanol–water partition coefficient (Wildman–Crippen LogP) is 3.99. The second-order valence-corrected chi connectivity index (χ2v) is 6.00. The highest BCUT2D eigenvalue weighted by Crippen LogP contribution is 2.18. The second-order valence-electron chi connectivity index (χ2n) is 4.16. The molecule has 0 saturated carbocycles. The molecule has 0 fully saturated rings. The van der Waals surface area contributed by atoms with Crippen molar-refractivity contribution in [3.8, 4) is 0 Å². The first-order valence-corrected chi connectivity index (χ1v) is 7.79. The quantitative estimate of drug-likeness (QED) is 0.853. The van der Waals surface area contributed by atoms with E-state index in [4.69, 9.17) is 0 Å². The molecule has 3 heteroatoms. The highest BCUT2D eigenvalue weighted by atomic mass is 79.9. The van der Waals surface area contributed by atoms with Crippen LogP contribution < -0.4 is 5.32 Å². The predicted molar refractivity (Wildman–Crippen MR) is 78.2 cm³/mol. The van der Waals surface area contributed by atoms with E-state index in [0.717, 1.165) is 6.54 Å². The van der Waals surface area contributed by atoms with Crippen LogP contribution in [0.1, 0.15) is 24.5 Å². The molecule has 0 aliphatic carbocycles. The van der Waals surface area contributed by atoms with Gasteiger partial charge in [0.25, 0.3) is 0 Å². The zero-order chi connectivity index (χ0) is 12.0. The molecule has 1 atom stereocenters. The molecule has 0 aliphatic rings. The van der Waals surface area contributed by atoms with E-state index in [-0.39, 0.29) is 0 Å². The van der Waals surface area contributed by atoms with Crippen molar-refractivity contribution in [1.29, 1.82) is 0 Å². The van der Waals surface area contributed by atoms with Gasteiger partial charge < -0.3 is 5.32 Å². The monoisotopic (exact) mass is 301 g/mol. The Morgan fingerprint density at radius 3 is 2.81 bits per heavy atom. The van der Waals surface area contributed by atoms with Gasteiger partial charge in [0.05, 0.1) is 0 Å². The summed E-state index contributed by atoms with van der Waals surface area (Å²) in [4.78, 5) is 0. The van der Waals surface area contributed by atoms with Crippen LogP contribution in [0.15, 0.2) is 22.7 Å². The molecule has 0 spiro atoms. The number of halogens is 1. The molecule has 0 aromatic heterocycles. The third-order valence-corrected chi connectivity index (χ3v) is 3.99. The molecular formula is C13H20BrNS. The Labute approximate surface area is 112 Å². The van der Waals surface area contributed by atoms with E-state index in [1.165, 1.54) is 27.8 Å². The number of hydrogen-bond donors (Lipinski definition) is 1. The first kappa shape index (κ1) is 14.1. The van der Waals surface area contributed by atoms with Crippen molar-refractivity contribution in [1.82, 2.24) is 5.32 Å². The van der Waals surface area contributed by atoms with Gasteiger partial charge >= 0.3 is 0 Å². The van der Waals surface area contributed by atoms with E-state index < -0.39 is 0 Å². The summed E-state index contributed by atoms with van der Waals surface area (Å²) in [5.41, 5.74) is 2.63. The third-order valence-electron chi connectivity index (χ3n) is 2.60. The lowest BCUT2D eigenvalue weighted by Gasteiger charge is -2.14. The van der Waals surface area contributed by atoms with Crippen molar-refractivity contribution in [2.24, 2.45) is 0 Å². The lowest BCUT2D eigenvalue weighted by atomic mass is 10.1. The molecule has 16 heavy (non-hydrogen) atoms. The number of hydrogen-bond acceptors (Lipinski definition) is 2. The Balaban J connectivity index is 2.42. The van der Waals surface area contributed by atoms with Crippen LogP contribution in [0.4, 0.5) is 0 Å². The second kappa shape index (κ2) is 7.36. The summed E-state index contributed by atoms with van der Waals surface area (Å²) in [5.74, 6) is 1.23. The Morgan fingerprint density at radius 1 is 1.44 bits per heavy atom. The molecule has 0 heterocycles. The minimum Gasteiger partial charge on any atom is -0.310 e. The van der Waals surface area contributed by atoms with Gasteiger partial charge in [0, 0.05) is 17.1 Å². The summed E-state index contributed by atoms with van der Waals surface area (Å²) in [5, 5.41) is 3.55. The summed E-state index contributed by atoms with van der Waals surface area (Å²) in [7, 11) is 0. The van der Waals surface area contributed by atoms with E-state index in [1.54, 1.807) is 0 Å². The smallest absolute Gasteiger partial charge is 0.0222 e. The number of nitrogens with one attached hydrogen (secondary N) is 1. The molecule has 0 bridgehead atoms. The van der Waals surface area contributed by atoms with Gasteiger partial charge in [0.2, 0.25) is 0 Å². The fourth-order valence-electron chi connectivity index (χ4n) is 1.48. The van der Waals surface area contributed by atoms with Gasteiger partial charge in [-0.05, 0) is 49.5 Å². The van der Waals surface area contributed by atoms with E-state index in [9.17, 15) is 0 Å². The standard InChI is InChI=1S/C13H20BrNS/c1-10-4-5-12(13(14)8-10)9-15-11(2)6-7-16-3/h4-5,8,11,15H,6-7,9H2,1-3H3. The zero-order valence-corrected chi connectivity index (χ0v) is 12.6. The topological polar surface area (TPSA) is 12.0 Å². The Morgan fingerprint density at radius 2 is 2.19 bits per heavy atom. The molecule has 1 aromatic carbocycles. The molecule has 0 radical (unpaired) electrons. The molecule has 1 aromatic rings. The van der Waals surface area contributed by atoms with Gasteiger partial charge in [-0.1, -0.05) is 28.1 Å². The minimum atomic E-state index is 0.584. The maximum absolute atomic E-state index is 3.61. The van der Waals surface area contributed by atoms with Crippen LogP contribution in [0.25, 0.3) is 0 Å². The molecular weight excluding hydrogens is 282 g/mol. The van der Waals surface area contributed by atoms with Crippen molar-refractivity contribution < 1.29 is 0 Å². The largest absolute Gasteiger partial charge is 0.310 e. The van der Waals surface area contributed by atoms with Crippen molar-refractivity contribution >= 4 is 27.7 Å². The van der Waals surface area contributed by atoms with Crippen molar-refractivity contribution in [3.63, 3.8) is 0 Å². The summed E-state index contributed by atoms with van der Waals surface area (Å²) >= 11 is 5.51. The van der Waals surface area contributed by atoms with Gasteiger partial charge in [-0.25, -0.2) is 0 Å². The molecule has 0 aliphatic heterocycles. The van der Waals surface area contributed by atoms with Gasteiger partial charge in [-0.3, -0.25) is 0 Å². The minimum absolute atomic E-state index is 0.584. The average Bonchev–Trinajstić information content (AvgIpc) is 2.25. The molecule has 1 unspecified atom stereocenters. The molecule has 1 N–H and O–H groups in total. The Bertz CT molecular complexity index is 328. The van der Waals surface area contributed by atoms with Crippen LogP contribution in [0, 0.1) is 6.92 Å². The normalized spacial score (nSPS) is 12.8. The third kappa shape index (κ3) is 4.89. The lowest BCUT2D eigenvalue weighted by molar-refractivity contribution is 0.537. The fourth-order valence-corrected chi connectivity index (χ4v) is 2.70. The van der Waals surface area contributed by atoms with Gasteiger partial charge in [-0.15, -0.1) is 0 Å². The number of rotatable bonds is 6. The van der Waals surface area contributed by atoms with Crippen LogP contribution in [0.3, 0.4) is 0 Å². The van der Waals surface area contributed by atoms with Crippen LogP contribution in [-0.2, 0) is 6.54 Å². The molecule has 1 nitrogen and oxygen atoms in total. The molecule has 1 rings (SSSR count). The van der Waals surface area contributed by atoms with Crippen LogP contribution >= 0.6 is 27.7 Å². The van der Waals surface area contributed by atoms with Crippen LogP contribution in [0.5, 0.6) is 0 Å². The van der Waals surface area contributed by atoms with Crippen molar-refractivity contribution in [2.75, 3.05) is 12.0 Å². The van der Waals surface area contributed by atoms with Crippen LogP contribution in [-0.4, -0.2) is 18.1 Å². The van der Waals surface area contributed by atoms with Crippen molar-refractivity contribution in [3.05, 3.63) is 33.8 Å². The van der Waals surface area contributed by atoms with Crippen LogP contribution in [0.2, 0.25) is 0 Å². The van der Waals surface area contributed by atoms with Gasteiger partial charge in [-0.2, -0.15) is 11.8 Å². The number of thioether (sulfide) groups is 1. The summed E-state index contributed by atoms with van der Waals surface area (Å²) in [6.07, 6.45) is 3.38. The molecule has 90 valence electrons. The SMILES string of the molecule is CSCCC(C)NCc1ccc(C)cc1Br.